The summed E-state index contributed by atoms with van der Waals surface area (Å²) in [4.78, 5) is 16.7. The first-order valence-electron chi connectivity index (χ1n) is 9.00. The minimum absolute atomic E-state index is 0.0392. The van der Waals surface area contributed by atoms with Gasteiger partial charge in [-0.3, -0.25) is 9.78 Å². The second-order valence-corrected chi connectivity index (χ2v) is 6.64. The molecule has 0 aliphatic heterocycles. The molecule has 1 aromatic carbocycles. The number of hydrogen-bond acceptors (Lipinski definition) is 4. The third kappa shape index (κ3) is 4.63. The van der Waals surface area contributed by atoms with Gasteiger partial charge in [0.2, 0.25) is 0 Å². The highest BCUT2D eigenvalue weighted by atomic mass is 16.5. The minimum atomic E-state index is 0.0392. The summed E-state index contributed by atoms with van der Waals surface area (Å²) in [6.45, 7) is 2.44. The van der Waals surface area contributed by atoms with Crippen LogP contribution in [0.1, 0.15) is 28.4 Å². The fourth-order valence-electron chi connectivity index (χ4n) is 3.05. The first-order valence-corrected chi connectivity index (χ1v) is 9.00. The van der Waals surface area contributed by atoms with Gasteiger partial charge in [-0.2, -0.15) is 0 Å². The quantitative estimate of drug-likeness (QED) is 0.701. The van der Waals surface area contributed by atoms with Crippen LogP contribution in [0.3, 0.4) is 0 Å². The zero-order valence-electron chi connectivity index (χ0n) is 16.0. The van der Waals surface area contributed by atoms with Crippen LogP contribution in [0, 0.1) is 6.92 Å². The fraction of sp³-hybridized carbons (Fsp3) is 0.273. The Morgan fingerprint density at radius 3 is 2.59 bits per heavy atom. The predicted molar refractivity (Wildman–Crippen MR) is 107 cm³/mol. The number of hydrogen-bond donors (Lipinski definition) is 1. The molecule has 1 N–H and O–H groups in total. The largest absolute Gasteiger partial charge is 0.497 e. The highest BCUT2D eigenvalue weighted by molar-refractivity contribution is 5.30. The van der Waals surface area contributed by atoms with Crippen LogP contribution < -0.4 is 15.6 Å². The van der Waals surface area contributed by atoms with Crippen LogP contribution in [-0.2, 0) is 20.0 Å². The summed E-state index contributed by atoms with van der Waals surface area (Å²) in [6, 6.07) is 16.0. The smallest absolute Gasteiger partial charge is 0.254 e. The first kappa shape index (κ1) is 18.9. The molecule has 0 radical (unpaired) electrons. The molecule has 0 aliphatic rings. The molecule has 0 saturated heterocycles. The zero-order chi connectivity index (χ0) is 19.2. The van der Waals surface area contributed by atoms with Crippen molar-refractivity contribution in [1.82, 2.24) is 14.9 Å². The van der Waals surface area contributed by atoms with E-state index in [0.717, 1.165) is 34.6 Å². The molecule has 1 unspecified atom stereocenters. The van der Waals surface area contributed by atoms with Gasteiger partial charge in [0.05, 0.1) is 7.11 Å². The van der Waals surface area contributed by atoms with Crippen molar-refractivity contribution in [3.63, 3.8) is 0 Å². The highest BCUT2D eigenvalue weighted by Gasteiger charge is 2.14. The summed E-state index contributed by atoms with van der Waals surface area (Å²) in [5, 5.41) is 3.54. The Kier molecular flexibility index (Phi) is 6.04. The lowest BCUT2D eigenvalue weighted by molar-refractivity contribution is 0.414. The van der Waals surface area contributed by atoms with E-state index >= 15 is 0 Å². The van der Waals surface area contributed by atoms with E-state index in [-0.39, 0.29) is 11.6 Å². The van der Waals surface area contributed by atoms with E-state index in [1.54, 1.807) is 24.9 Å². The lowest BCUT2D eigenvalue weighted by atomic mass is 9.99. The lowest BCUT2D eigenvalue weighted by Gasteiger charge is -2.20. The molecular formula is C22H25N3O2. The molecule has 2 heterocycles. The van der Waals surface area contributed by atoms with Gasteiger partial charge in [-0.15, -0.1) is 0 Å². The molecule has 3 aromatic rings. The van der Waals surface area contributed by atoms with Gasteiger partial charge in [0, 0.05) is 43.3 Å². The van der Waals surface area contributed by atoms with Crippen molar-refractivity contribution in [1.29, 1.82) is 0 Å². The monoisotopic (exact) mass is 363 g/mol. The first-order chi connectivity index (χ1) is 13.1. The molecule has 5 nitrogen and oxygen atoms in total. The number of methoxy groups -OCH3 is 1. The van der Waals surface area contributed by atoms with Gasteiger partial charge in [0.25, 0.3) is 5.56 Å². The van der Waals surface area contributed by atoms with Crippen LogP contribution in [0.15, 0.2) is 65.7 Å². The molecule has 0 amide bonds. The van der Waals surface area contributed by atoms with E-state index in [4.69, 9.17) is 4.74 Å². The Morgan fingerprint density at radius 1 is 1.15 bits per heavy atom. The minimum Gasteiger partial charge on any atom is -0.497 e. The second-order valence-electron chi connectivity index (χ2n) is 6.64. The molecule has 5 heteroatoms. The van der Waals surface area contributed by atoms with E-state index in [9.17, 15) is 4.79 Å². The molecule has 140 valence electrons. The number of pyridine rings is 2. The van der Waals surface area contributed by atoms with Crippen LogP contribution >= 0.6 is 0 Å². The predicted octanol–water partition coefficient (Wildman–Crippen LogP) is 3.17. The van der Waals surface area contributed by atoms with Gasteiger partial charge >= 0.3 is 0 Å². The Morgan fingerprint density at radius 2 is 1.93 bits per heavy atom. The number of ether oxygens (including phenoxy) is 1. The molecule has 1 atom stereocenters. The van der Waals surface area contributed by atoms with Gasteiger partial charge < -0.3 is 14.6 Å². The van der Waals surface area contributed by atoms with Crippen molar-refractivity contribution in [3.8, 4) is 5.75 Å². The maximum Gasteiger partial charge on any atom is 0.254 e. The Labute approximate surface area is 159 Å². The van der Waals surface area contributed by atoms with Gasteiger partial charge in [-0.1, -0.05) is 24.3 Å². The summed E-state index contributed by atoms with van der Waals surface area (Å²) in [7, 11) is 3.46. The number of benzene rings is 1. The summed E-state index contributed by atoms with van der Waals surface area (Å²) < 4.78 is 6.94. The van der Waals surface area contributed by atoms with Crippen LogP contribution in [0.5, 0.6) is 5.75 Å². The van der Waals surface area contributed by atoms with Gasteiger partial charge in [0.1, 0.15) is 5.75 Å². The molecule has 2 aromatic heterocycles. The topological polar surface area (TPSA) is 56.1 Å². The van der Waals surface area contributed by atoms with Gasteiger partial charge in [-0.05, 0) is 48.7 Å². The van der Waals surface area contributed by atoms with Crippen molar-refractivity contribution in [2.24, 2.45) is 7.05 Å². The average molecular weight is 363 g/mol. The Hall–Kier alpha value is -2.92. The maximum absolute atomic E-state index is 12.5. The van der Waals surface area contributed by atoms with Gasteiger partial charge in [0.15, 0.2) is 0 Å². The lowest BCUT2D eigenvalue weighted by Crippen LogP contribution is -2.29. The van der Waals surface area contributed by atoms with E-state index in [2.05, 4.69) is 28.5 Å². The third-order valence-corrected chi connectivity index (χ3v) is 4.85. The van der Waals surface area contributed by atoms with E-state index in [1.165, 1.54) is 0 Å². The van der Waals surface area contributed by atoms with Crippen LogP contribution in [0.25, 0.3) is 0 Å². The molecule has 0 spiro atoms. The number of rotatable bonds is 7. The average Bonchev–Trinajstić information content (AvgIpc) is 2.71. The van der Waals surface area contributed by atoms with E-state index < -0.39 is 0 Å². The third-order valence-electron chi connectivity index (χ3n) is 4.85. The van der Waals surface area contributed by atoms with E-state index in [0.29, 0.717) is 6.54 Å². The zero-order valence-corrected chi connectivity index (χ0v) is 16.0. The Bertz CT molecular complexity index is 934. The molecule has 0 fully saturated rings. The summed E-state index contributed by atoms with van der Waals surface area (Å²) in [5.74, 6) is 0.825. The van der Waals surface area contributed by atoms with Crippen molar-refractivity contribution in [2.75, 3.05) is 7.11 Å². The summed E-state index contributed by atoms with van der Waals surface area (Å²) in [6.07, 6.45) is 4.44. The SMILES string of the molecule is COc1ccc(C(Cc2cccnc2)NCc2ccc(C)n(C)c2=O)cc1. The van der Waals surface area contributed by atoms with Crippen molar-refractivity contribution in [3.05, 3.63) is 93.7 Å². The number of aryl methyl sites for hydroxylation is 1. The summed E-state index contributed by atoms with van der Waals surface area (Å²) >= 11 is 0. The van der Waals surface area contributed by atoms with Crippen molar-refractivity contribution in [2.45, 2.75) is 25.9 Å². The number of nitrogens with one attached hydrogen (secondary N) is 1. The fourth-order valence-corrected chi connectivity index (χ4v) is 3.05. The Balaban J connectivity index is 1.83. The second kappa shape index (κ2) is 8.64. The molecule has 3 rings (SSSR count). The molecule has 0 aliphatic carbocycles. The normalized spacial score (nSPS) is 12.0. The molecule has 0 saturated carbocycles. The molecule has 0 bridgehead atoms. The highest BCUT2D eigenvalue weighted by Crippen LogP contribution is 2.21. The van der Waals surface area contributed by atoms with Crippen molar-refractivity contribution >= 4 is 0 Å². The van der Waals surface area contributed by atoms with Gasteiger partial charge in [-0.25, -0.2) is 0 Å². The molecule has 27 heavy (non-hydrogen) atoms. The van der Waals surface area contributed by atoms with Crippen LogP contribution in [-0.4, -0.2) is 16.7 Å². The number of aromatic nitrogens is 2. The van der Waals surface area contributed by atoms with Crippen molar-refractivity contribution < 1.29 is 4.74 Å². The van der Waals surface area contributed by atoms with E-state index in [1.807, 2.05) is 43.5 Å². The standard InChI is InChI=1S/C22H25N3O2/c1-16-6-7-19(22(26)25(16)2)15-24-21(13-17-5-4-12-23-14-17)18-8-10-20(27-3)11-9-18/h4-12,14,21,24H,13,15H2,1-3H3. The van der Waals surface area contributed by atoms with Crippen LogP contribution in [0.2, 0.25) is 0 Å². The van der Waals surface area contributed by atoms with Crippen LogP contribution in [0.4, 0.5) is 0 Å². The summed E-state index contributed by atoms with van der Waals surface area (Å²) in [5.41, 5.74) is 4.03. The number of nitrogens with zero attached hydrogens (tertiary/aromatic N) is 2. The molecular weight excluding hydrogens is 338 g/mol. The maximum atomic E-state index is 12.5.